The highest BCUT2D eigenvalue weighted by atomic mass is 79.9. The molecule has 1 aliphatic heterocycles. The largest absolute Gasteiger partial charge is 0.373 e. The third kappa shape index (κ3) is 2.34. The molecule has 1 aromatic carbocycles. The summed E-state index contributed by atoms with van der Waals surface area (Å²) in [6.07, 6.45) is 0.227. The van der Waals surface area contributed by atoms with Gasteiger partial charge in [0.1, 0.15) is 6.04 Å². The van der Waals surface area contributed by atoms with Crippen LogP contribution in [0.15, 0.2) is 22.7 Å². The third-order valence-corrected chi connectivity index (χ3v) is 3.39. The van der Waals surface area contributed by atoms with Crippen molar-refractivity contribution >= 4 is 33.4 Å². The zero-order valence-corrected chi connectivity index (χ0v) is 11.2. The van der Waals surface area contributed by atoms with Crippen LogP contribution in [-0.4, -0.2) is 29.8 Å². The Bertz CT molecular complexity index is 487. The van der Waals surface area contributed by atoms with E-state index in [1.807, 2.05) is 25.1 Å². The van der Waals surface area contributed by atoms with Crippen molar-refractivity contribution in [2.45, 2.75) is 19.4 Å². The summed E-state index contributed by atoms with van der Waals surface area (Å²) in [7, 11) is 1.51. The summed E-state index contributed by atoms with van der Waals surface area (Å²) in [6, 6.07) is 5.33. The summed E-state index contributed by atoms with van der Waals surface area (Å²) >= 11 is 3.38. The molecule has 1 fully saturated rings. The molecule has 2 amide bonds. The molecule has 5 heteroatoms. The van der Waals surface area contributed by atoms with Crippen molar-refractivity contribution in [1.29, 1.82) is 0 Å². The highest BCUT2D eigenvalue weighted by molar-refractivity contribution is 9.10. The fourth-order valence-electron chi connectivity index (χ4n) is 1.85. The molecule has 1 atom stereocenters. The number of nitrogens with one attached hydrogen (secondary N) is 1. The molecule has 2 rings (SSSR count). The van der Waals surface area contributed by atoms with Crippen LogP contribution in [0.1, 0.15) is 12.0 Å². The Morgan fingerprint density at radius 3 is 2.65 bits per heavy atom. The second-order valence-corrected chi connectivity index (χ2v) is 5.07. The van der Waals surface area contributed by atoms with Crippen LogP contribution >= 0.6 is 15.9 Å². The van der Waals surface area contributed by atoms with Gasteiger partial charge in [0, 0.05) is 17.2 Å². The summed E-state index contributed by atoms with van der Waals surface area (Å²) < 4.78 is 0.992. The number of hydrogen-bond acceptors (Lipinski definition) is 3. The number of hydrogen-bond donors (Lipinski definition) is 1. The number of imide groups is 1. The van der Waals surface area contributed by atoms with E-state index in [1.54, 1.807) is 0 Å². The van der Waals surface area contributed by atoms with Crippen molar-refractivity contribution in [3.05, 3.63) is 28.2 Å². The molecule has 0 spiro atoms. The van der Waals surface area contributed by atoms with Crippen LogP contribution in [0.4, 0.5) is 5.69 Å². The zero-order chi connectivity index (χ0) is 12.6. The number of benzene rings is 1. The van der Waals surface area contributed by atoms with Gasteiger partial charge in [-0.3, -0.25) is 14.5 Å². The standard InChI is InChI=1S/C12H13BrN2O2/c1-7-5-8(13)3-4-9(7)14-10-6-11(16)15(2)12(10)17/h3-5,10,14H,6H2,1-2H3. The van der Waals surface area contributed by atoms with Crippen LogP contribution in [0.3, 0.4) is 0 Å². The van der Waals surface area contributed by atoms with Gasteiger partial charge in [0.2, 0.25) is 5.91 Å². The van der Waals surface area contributed by atoms with Gasteiger partial charge in [0.25, 0.3) is 5.91 Å². The minimum atomic E-state index is -0.438. The predicted molar refractivity (Wildman–Crippen MR) is 68.7 cm³/mol. The van der Waals surface area contributed by atoms with Gasteiger partial charge < -0.3 is 5.32 Å². The Morgan fingerprint density at radius 1 is 1.41 bits per heavy atom. The normalized spacial score (nSPS) is 19.9. The van der Waals surface area contributed by atoms with E-state index in [0.717, 1.165) is 15.7 Å². The number of aryl methyl sites for hydroxylation is 1. The van der Waals surface area contributed by atoms with Gasteiger partial charge in [-0.15, -0.1) is 0 Å². The second-order valence-electron chi connectivity index (χ2n) is 4.15. The molecule has 17 heavy (non-hydrogen) atoms. The maximum absolute atomic E-state index is 11.7. The topological polar surface area (TPSA) is 49.4 Å². The Kier molecular flexibility index (Phi) is 3.19. The molecule has 1 aromatic rings. The van der Waals surface area contributed by atoms with E-state index in [9.17, 15) is 9.59 Å². The molecule has 1 unspecified atom stereocenters. The second kappa shape index (κ2) is 4.49. The van der Waals surface area contributed by atoms with Crippen molar-refractivity contribution in [1.82, 2.24) is 4.90 Å². The van der Waals surface area contributed by atoms with Crippen molar-refractivity contribution in [3.8, 4) is 0 Å². The van der Waals surface area contributed by atoms with Crippen LogP contribution < -0.4 is 5.32 Å². The molecule has 1 N–H and O–H groups in total. The highest BCUT2D eigenvalue weighted by Gasteiger charge is 2.35. The van der Waals surface area contributed by atoms with Crippen molar-refractivity contribution in [3.63, 3.8) is 0 Å². The van der Waals surface area contributed by atoms with Crippen molar-refractivity contribution < 1.29 is 9.59 Å². The predicted octanol–water partition coefficient (Wildman–Crippen LogP) is 1.93. The molecule has 0 saturated carbocycles. The first-order valence-corrected chi connectivity index (χ1v) is 6.11. The number of anilines is 1. The molecule has 0 bridgehead atoms. The van der Waals surface area contributed by atoms with Crippen molar-refractivity contribution in [2.24, 2.45) is 0 Å². The first kappa shape index (κ1) is 12.1. The van der Waals surface area contributed by atoms with Gasteiger partial charge >= 0.3 is 0 Å². The number of likely N-dealkylation sites (tertiary alicyclic amines) is 1. The van der Waals surface area contributed by atoms with E-state index in [-0.39, 0.29) is 18.2 Å². The van der Waals surface area contributed by atoms with E-state index < -0.39 is 6.04 Å². The molecule has 1 saturated heterocycles. The number of carbonyl (C=O) groups excluding carboxylic acids is 2. The zero-order valence-electron chi connectivity index (χ0n) is 9.66. The van der Waals surface area contributed by atoms with E-state index >= 15 is 0 Å². The number of halogens is 1. The van der Waals surface area contributed by atoms with E-state index in [1.165, 1.54) is 11.9 Å². The lowest BCUT2D eigenvalue weighted by Gasteiger charge is -2.14. The minimum absolute atomic E-state index is 0.137. The smallest absolute Gasteiger partial charge is 0.251 e. The van der Waals surface area contributed by atoms with Gasteiger partial charge in [-0.05, 0) is 30.7 Å². The number of nitrogens with zero attached hydrogens (tertiary/aromatic N) is 1. The van der Waals surface area contributed by atoms with Crippen molar-refractivity contribution in [2.75, 3.05) is 12.4 Å². The van der Waals surface area contributed by atoms with Crippen LogP contribution in [-0.2, 0) is 9.59 Å². The molecular weight excluding hydrogens is 284 g/mol. The third-order valence-electron chi connectivity index (χ3n) is 2.90. The first-order valence-electron chi connectivity index (χ1n) is 5.32. The number of carbonyl (C=O) groups is 2. The maximum Gasteiger partial charge on any atom is 0.251 e. The quantitative estimate of drug-likeness (QED) is 0.849. The first-order chi connectivity index (χ1) is 7.99. The van der Waals surface area contributed by atoms with Crippen LogP contribution in [0.5, 0.6) is 0 Å². The average Bonchev–Trinajstić information content (AvgIpc) is 2.50. The van der Waals surface area contributed by atoms with E-state index in [2.05, 4.69) is 21.2 Å². The molecule has 1 heterocycles. The monoisotopic (exact) mass is 296 g/mol. The Labute approximate surface area is 108 Å². The lowest BCUT2D eigenvalue weighted by Crippen LogP contribution is -2.31. The lowest BCUT2D eigenvalue weighted by atomic mass is 10.1. The summed E-state index contributed by atoms with van der Waals surface area (Å²) in [6.45, 7) is 1.96. The molecule has 4 nitrogen and oxygen atoms in total. The summed E-state index contributed by atoms with van der Waals surface area (Å²) in [5, 5.41) is 3.11. The van der Waals surface area contributed by atoms with Gasteiger partial charge in [-0.25, -0.2) is 0 Å². The molecule has 0 aromatic heterocycles. The fourth-order valence-corrected chi connectivity index (χ4v) is 2.32. The Balaban J connectivity index is 2.17. The van der Waals surface area contributed by atoms with Gasteiger partial charge in [0.05, 0.1) is 6.42 Å². The fraction of sp³-hybridized carbons (Fsp3) is 0.333. The van der Waals surface area contributed by atoms with Gasteiger partial charge in [-0.1, -0.05) is 15.9 Å². The molecule has 1 aliphatic rings. The van der Waals surface area contributed by atoms with E-state index in [0.29, 0.717) is 0 Å². The average molecular weight is 297 g/mol. The number of likely N-dealkylation sites (N-methyl/N-ethyl adjacent to an activating group) is 1. The van der Waals surface area contributed by atoms with Crippen LogP contribution in [0.2, 0.25) is 0 Å². The Hall–Kier alpha value is -1.36. The lowest BCUT2D eigenvalue weighted by molar-refractivity contribution is -0.136. The summed E-state index contributed by atoms with van der Waals surface area (Å²) in [5.41, 5.74) is 1.92. The summed E-state index contributed by atoms with van der Waals surface area (Å²) in [5.74, 6) is -0.306. The summed E-state index contributed by atoms with van der Waals surface area (Å²) in [4.78, 5) is 24.3. The Morgan fingerprint density at radius 2 is 2.12 bits per heavy atom. The highest BCUT2D eigenvalue weighted by Crippen LogP contribution is 2.23. The molecule has 90 valence electrons. The van der Waals surface area contributed by atoms with Crippen LogP contribution in [0, 0.1) is 6.92 Å². The van der Waals surface area contributed by atoms with Gasteiger partial charge in [-0.2, -0.15) is 0 Å². The molecule has 0 radical (unpaired) electrons. The number of rotatable bonds is 2. The van der Waals surface area contributed by atoms with Crippen LogP contribution in [0.25, 0.3) is 0 Å². The van der Waals surface area contributed by atoms with E-state index in [4.69, 9.17) is 0 Å². The maximum atomic E-state index is 11.7. The number of amides is 2. The molecule has 0 aliphatic carbocycles. The molecular formula is C12H13BrN2O2. The SMILES string of the molecule is Cc1cc(Br)ccc1NC1CC(=O)N(C)C1=O. The minimum Gasteiger partial charge on any atom is -0.373 e. The van der Waals surface area contributed by atoms with Gasteiger partial charge in [0.15, 0.2) is 0 Å².